The van der Waals surface area contributed by atoms with Gasteiger partial charge in [-0.3, -0.25) is 14.6 Å². The molecule has 1 heterocycles. The minimum atomic E-state index is -4.67. The van der Waals surface area contributed by atoms with Crippen LogP contribution in [0.3, 0.4) is 0 Å². The van der Waals surface area contributed by atoms with Gasteiger partial charge in [0.1, 0.15) is 6.04 Å². The van der Waals surface area contributed by atoms with Gasteiger partial charge in [-0.1, -0.05) is 26.0 Å². The van der Waals surface area contributed by atoms with Gasteiger partial charge in [-0.2, -0.15) is 13.2 Å². The van der Waals surface area contributed by atoms with Gasteiger partial charge in [0.05, 0.1) is 5.56 Å². The summed E-state index contributed by atoms with van der Waals surface area (Å²) in [6.45, 7) is 4.87. The molecule has 2 aromatic rings. The van der Waals surface area contributed by atoms with Crippen molar-refractivity contribution in [2.45, 2.75) is 45.3 Å². The van der Waals surface area contributed by atoms with E-state index >= 15 is 0 Å². The van der Waals surface area contributed by atoms with Gasteiger partial charge in [-0.25, -0.2) is 4.79 Å². The Hall–Kier alpha value is -4.09. The molecule has 2 aromatic carbocycles. The fraction of sp³-hybridized carbons (Fsp3) is 0.385. The van der Waals surface area contributed by atoms with Crippen LogP contribution in [0.5, 0.6) is 0 Å². The second-order valence-electron chi connectivity index (χ2n) is 9.34. The van der Waals surface area contributed by atoms with E-state index in [1.807, 2.05) is 13.8 Å². The lowest BCUT2D eigenvalue weighted by Crippen LogP contribution is -2.42. The molecule has 2 amide bonds. The molecule has 0 saturated carbocycles. The van der Waals surface area contributed by atoms with Crippen LogP contribution in [-0.4, -0.2) is 48.0 Å². The number of alkyl halides is 3. The van der Waals surface area contributed by atoms with E-state index in [9.17, 15) is 32.7 Å². The first kappa shape index (κ1) is 28.5. The molecule has 5 N–H and O–H groups in total. The highest BCUT2D eigenvalue weighted by Gasteiger charge is 2.32. The number of nitrogens with one attached hydrogen (secondary N) is 4. The summed E-state index contributed by atoms with van der Waals surface area (Å²) >= 11 is 0. The molecular weight excluding hydrogens is 503 g/mol. The number of carboxylic acids is 1. The first-order valence-electron chi connectivity index (χ1n) is 12.1. The van der Waals surface area contributed by atoms with Crippen molar-refractivity contribution in [1.29, 1.82) is 0 Å². The summed E-state index contributed by atoms with van der Waals surface area (Å²) in [6.07, 6.45) is -3.63. The number of anilines is 2. The SMILES string of the molecule is CC(C)CC(=O)NC(Cc1ccc(NC(=O)c2cc(NC3=NCCCN3)cc(C(F)(F)F)c2)cc1)C(=O)O. The van der Waals surface area contributed by atoms with Gasteiger partial charge < -0.3 is 26.4 Å². The molecule has 204 valence electrons. The molecule has 0 bridgehead atoms. The maximum atomic E-state index is 13.5. The van der Waals surface area contributed by atoms with Crippen LogP contribution in [0.4, 0.5) is 24.5 Å². The van der Waals surface area contributed by atoms with E-state index in [0.29, 0.717) is 30.3 Å². The standard InChI is InChI=1S/C26H30F3N5O4/c1-15(2)10-22(35)34-21(24(37)38)11-16-4-6-19(7-5-16)32-23(36)17-12-18(26(27,28)29)14-20(13-17)33-25-30-8-3-9-31-25/h4-7,12-15,21H,3,8-11H2,1-2H3,(H,32,36)(H,34,35)(H,37,38)(H2,30,31,33). The molecule has 3 rings (SSSR count). The number of aliphatic carboxylic acids is 1. The maximum absolute atomic E-state index is 13.5. The van der Waals surface area contributed by atoms with Crippen molar-refractivity contribution in [2.75, 3.05) is 23.7 Å². The van der Waals surface area contributed by atoms with Crippen LogP contribution < -0.4 is 21.3 Å². The van der Waals surface area contributed by atoms with Gasteiger partial charge in [0.2, 0.25) is 5.91 Å². The highest BCUT2D eigenvalue weighted by Crippen LogP contribution is 2.32. The van der Waals surface area contributed by atoms with Gasteiger partial charge in [0, 0.05) is 42.9 Å². The second kappa shape index (κ2) is 12.4. The predicted molar refractivity (Wildman–Crippen MR) is 137 cm³/mol. The largest absolute Gasteiger partial charge is 0.480 e. The molecular formula is C26H30F3N5O4. The average molecular weight is 534 g/mol. The van der Waals surface area contributed by atoms with Crippen LogP contribution in [-0.2, 0) is 22.2 Å². The Morgan fingerprint density at radius 1 is 1.08 bits per heavy atom. The number of hydrogen-bond acceptors (Lipinski definition) is 6. The number of amides is 2. The van der Waals surface area contributed by atoms with E-state index in [2.05, 4.69) is 26.3 Å². The molecule has 0 aliphatic carbocycles. The number of benzene rings is 2. The van der Waals surface area contributed by atoms with Crippen molar-refractivity contribution in [2.24, 2.45) is 10.9 Å². The lowest BCUT2D eigenvalue weighted by molar-refractivity contribution is -0.142. The topological polar surface area (TPSA) is 132 Å². The van der Waals surface area contributed by atoms with Crippen LogP contribution in [0.1, 0.15) is 48.2 Å². The number of aliphatic imine (C=N–C) groups is 1. The van der Waals surface area contributed by atoms with E-state index in [1.165, 1.54) is 18.2 Å². The molecule has 0 fully saturated rings. The van der Waals surface area contributed by atoms with Gasteiger partial charge in [-0.15, -0.1) is 0 Å². The Kier molecular flexibility index (Phi) is 9.32. The number of carbonyl (C=O) groups excluding carboxylic acids is 2. The number of rotatable bonds is 9. The normalized spacial score (nSPS) is 14.2. The van der Waals surface area contributed by atoms with Gasteiger partial charge in [-0.05, 0) is 48.2 Å². The zero-order valence-corrected chi connectivity index (χ0v) is 21.0. The van der Waals surface area contributed by atoms with E-state index in [0.717, 1.165) is 18.6 Å². The third-order valence-electron chi connectivity index (χ3n) is 5.56. The van der Waals surface area contributed by atoms with Crippen molar-refractivity contribution in [3.05, 3.63) is 59.2 Å². The van der Waals surface area contributed by atoms with Crippen LogP contribution in [0, 0.1) is 5.92 Å². The summed E-state index contributed by atoms with van der Waals surface area (Å²) in [5.41, 5.74) is -0.237. The summed E-state index contributed by atoms with van der Waals surface area (Å²) in [5, 5.41) is 20.3. The molecule has 1 atom stereocenters. The average Bonchev–Trinajstić information content (AvgIpc) is 2.84. The first-order chi connectivity index (χ1) is 17.9. The van der Waals surface area contributed by atoms with Crippen molar-refractivity contribution in [3.8, 4) is 0 Å². The molecule has 0 radical (unpaired) electrons. The Balaban J connectivity index is 1.71. The molecule has 1 aliphatic heterocycles. The van der Waals surface area contributed by atoms with Gasteiger partial charge in [0.25, 0.3) is 5.91 Å². The molecule has 0 spiro atoms. The zero-order valence-electron chi connectivity index (χ0n) is 21.0. The Morgan fingerprint density at radius 3 is 2.37 bits per heavy atom. The lowest BCUT2D eigenvalue weighted by Gasteiger charge is -2.18. The van der Waals surface area contributed by atoms with Crippen LogP contribution in [0.15, 0.2) is 47.5 Å². The summed E-state index contributed by atoms with van der Waals surface area (Å²) in [4.78, 5) is 40.6. The zero-order chi connectivity index (χ0) is 27.9. The fourth-order valence-corrected chi connectivity index (χ4v) is 3.73. The summed E-state index contributed by atoms with van der Waals surface area (Å²) < 4.78 is 40.5. The van der Waals surface area contributed by atoms with Crippen molar-refractivity contribution < 1.29 is 32.7 Å². The number of halogens is 3. The maximum Gasteiger partial charge on any atom is 0.416 e. The molecule has 0 aromatic heterocycles. The number of carbonyl (C=O) groups is 3. The molecule has 1 aliphatic rings. The highest BCUT2D eigenvalue weighted by molar-refractivity contribution is 6.05. The van der Waals surface area contributed by atoms with Crippen LogP contribution >= 0.6 is 0 Å². The lowest BCUT2D eigenvalue weighted by atomic mass is 10.0. The number of hydrogen-bond donors (Lipinski definition) is 5. The van der Waals surface area contributed by atoms with E-state index in [-0.39, 0.29) is 35.9 Å². The smallest absolute Gasteiger partial charge is 0.416 e. The van der Waals surface area contributed by atoms with Crippen molar-refractivity contribution >= 4 is 35.1 Å². The number of carboxylic acid groups (broad SMARTS) is 1. The van der Waals surface area contributed by atoms with Crippen LogP contribution in [0.25, 0.3) is 0 Å². The predicted octanol–water partition coefficient (Wildman–Crippen LogP) is 3.88. The quantitative estimate of drug-likeness (QED) is 0.333. The van der Waals surface area contributed by atoms with Gasteiger partial charge >= 0.3 is 12.1 Å². The monoisotopic (exact) mass is 533 g/mol. The fourth-order valence-electron chi connectivity index (χ4n) is 3.73. The number of nitrogens with zero attached hydrogens (tertiary/aromatic N) is 1. The van der Waals surface area contributed by atoms with Crippen molar-refractivity contribution in [1.82, 2.24) is 10.6 Å². The third-order valence-corrected chi connectivity index (χ3v) is 5.56. The summed E-state index contributed by atoms with van der Waals surface area (Å²) in [5.74, 6) is -1.89. The highest BCUT2D eigenvalue weighted by atomic mass is 19.4. The molecule has 38 heavy (non-hydrogen) atoms. The van der Waals surface area contributed by atoms with Crippen molar-refractivity contribution in [3.63, 3.8) is 0 Å². The third kappa shape index (κ3) is 8.49. The Labute approximate surface area is 217 Å². The Morgan fingerprint density at radius 2 is 1.79 bits per heavy atom. The molecule has 1 unspecified atom stereocenters. The van der Waals surface area contributed by atoms with Gasteiger partial charge in [0.15, 0.2) is 5.96 Å². The van der Waals surface area contributed by atoms with E-state index in [1.54, 1.807) is 12.1 Å². The summed E-state index contributed by atoms with van der Waals surface area (Å²) in [6, 6.07) is 8.02. The molecule has 12 heteroatoms. The minimum Gasteiger partial charge on any atom is -0.480 e. The first-order valence-corrected chi connectivity index (χ1v) is 12.1. The second-order valence-corrected chi connectivity index (χ2v) is 9.34. The molecule has 0 saturated heterocycles. The molecule has 9 nitrogen and oxygen atoms in total. The number of guanidine groups is 1. The van der Waals surface area contributed by atoms with Crippen LogP contribution in [0.2, 0.25) is 0 Å². The Bertz CT molecular complexity index is 1200. The van der Waals surface area contributed by atoms with E-state index < -0.39 is 29.7 Å². The van der Waals surface area contributed by atoms with E-state index in [4.69, 9.17) is 0 Å². The minimum absolute atomic E-state index is 0.0218. The summed E-state index contributed by atoms with van der Waals surface area (Å²) in [7, 11) is 0.